The second-order valence-electron chi connectivity index (χ2n) is 13.2. The fourth-order valence-electron chi connectivity index (χ4n) is 6.32. The summed E-state index contributed by atoms with van der Waals surface area (Å²) in [6.45, 7) is 7.54. The van der Waals surface area contributed by atoms with Gasteiger partial charge in [0.15, 0.2) is 0 Å². The van der Waals surface area contributed by atoms with E-state index in [1.807, 2.05) is 32.0 Å². The summed E-state index contributed by atoms with van der Waals surface area (Å²) in [5.74, 6) is -3.61. The summed E-state index contributed by atoms with van der Waals surface area (Å²) < 4.78 is 42.9. The third-order valence-electron chi connectivity index (χ3n) is 8.69. The number of hydrogen-bond donors (Lipinski definition) is 2. The van der Waals surface area contributed by atoms with Crippen LogP contribution in [0.4, 0.5) is 13.2 Å². The molecular formula is C36H41F3N4O6. The largest absolute Gasteiger partial charge is 0.481 e. The molecule has 0 fully saturated rings. The molecule has 2 N–H and O–H groups in total. The number of hydrogen-bond acceptors (Lipinski definition) is 6. The molecule has 1 aliphatic rings. The summed E-state index contributed by atoms with van der Waals surface area (Å²) >= 11 is 0. The van der Waals surface area contributed by atoms with Crippen LogP contribution in [0.15, 0.2) is 47.4 Å². The third-order valence-corrected chi connectivity index (χ3v) is 8.69. The Hall–Kier alpha value is -4.78. The summed E-state index contributed by atoms with van der Waals surface area (Å²) in [4.78, 5) is 68.9. The standard InChI is InChI=1S/C36H41F3N4O6/c1-19(2)13-28(43-18-22(11-12-41(5)6)26(16-29(43)44)36(37,38)39)33(47)40-27(17-30(45)46)24-14-23(31-20(3)9-8-10-21(31)4)15-25-32(24)35(49)42(7)34(25)48/h8-10,14-16,18-19,27-28H,11-13,17H2,1-7H3,(H,40,47)(H,45,46)/t27-,28-/m0/s1. The molecule has 13 heteroatoms. The minimum absolute atomic E-state index is 0.0325. The van der Waals surface area contributed by atoms with Crippen molar-refractivity contribution in [3.05, 3.63) is 91.9 Å². The van der Waals surface area contributed by atoms with Crippen LogP contribution in [0.25, 0.3) is 11.1 Å². The maximum atomic E-state index is 14.2. The lowest BCUT2D eigenvalue weighted by atomic mass is 9.87. The van der Waals surface area contributed by atoms with Gasteiger partial charge in [-0.25, -0.2) is 0 Å². The van der Waals surface area contributed by atoms with Crippen LogP contribution in [-0.4, -0.2) is 70.9 Å². The van der Waals surface area contributed by atoms with Crippen molar-refractivity contribution >= 4 is 23.7 Å². The van der Waals surface area contributed by atoms with Crippen molar-refractivity contribution in [1.82, 2.24) is 19.7 Å². The number of carbonyl (C=O) groups excluding carboxylic acids is 3. The molecule has 2 atom stereocenters. The number of aliphatic carboxylic acids is 1. The molecule has 3 aromatic rings. The number of carboxylic acids is 1. The minimum atomic E-state index is -4.81. The van der Waals surface area contributed by atoms with Gasteiger partial charge >= 0.3 is 12.1 Å². The topological polar surface area (TPSA) is 129 Å². The molecule has 1 aromatic heterocycles. The Bertz CT molecular complexity index is 1840. The fraction of sp³-hybridized carbons (Fsp3) is 0.417. The maximum Gasteiger partial charge on any atom is 0.416 e. The molecule has 0 saturated heterocycles. The van der Waals surface area contributed by atoms with E-state index in [1.165, 1.54) is 7.05 Å². The van der Waals surface area contributed by atoms with Gasteiger partial charge in [0.2, 0.25) is 5.91 Å². The minimum Gasteiger partial charge on any atom is -0.481 e. The molecule has 2 heterocycles. The number of benzene rings is 2. The highest BCUT2D eigenvalue weighted by Crippen LogP contribution is 2.38. The molecule has 0 aliphatic carbocycles. The van der Waals surface area contributed by atoms with Gasteiger partial charge in [0, 0.05) is 25.9 Å². The number of fused-ring (bicyclic) bond motifs is 1. The molecule has 4 rings (SSSR count). The second-order valence-corrected chi connectivity index (χ2v) is 13.2. The molecule has 3 amide bonds. The first-order valence-electron chi connectivity index (χ1n) is 15.9. The number of aromatic nitrogens is 1. The monoisotopic (exact) mass is 682 g/mol. The predicted molar refractivity (Wildman–Crippen MR) is 177 cm³/mol. The molecule has 2 aromatic carbocycles. The van der Waals surface area contributed by atoms with Gasteiger partial charge in [0.1, 0.15) is 6.04 Å². The zero-order valence-electron chi connectivity index (χ0n) is 28.6. The Morgan fingerprint density at radius 1 is 0.980 bits per heavy atom. The van der Waals surface area contributed by atoms with Crippen molar-refractivity contribution in [3.8, 4) is 11.1 Å². The van der Waals surface area contributed by atoms with Crippen molar-refractivity contribution in [3.63, 3.8) is 0 Å². The van der Waals surface area contributed by atoms with Crippen molar-refractivity contribution in [1.29, 1.82) is 0 Å². The fourth-order valence-corrected chi connectivity index (χ4v) is 6.32. The molecule has 0 spiro atoms. The van der Waals surface area contributed by atoms with E-state index < -0.39 is 59.5 Å². The van der Waals surface area contributed by atoms with Crippen LogP contribution in [0.5, 0.6) is 0 Å². The van der Waals surface area contributed by atoms with Crippen LogP contribution < -0.4 is 10.9 Å². The number of carbonyl (C=O) groups is 4. The normalized spacial score (nSPS) is 14.4. The number of rotatable bonds is 12. The summed E-state index contributed by atoms with van der Waals surface area (Å²) in [7, 11) is 4.70. The van der Waals surface area contributed by atoms with E-state index in [-0.39, 0.29) is 47.6 Å². The lowest BCUT2D eigenvalue weighted by Crippen LogP contribution is -2.41. The highest BCUT2D eigenvalue weighted by Gasteiger charge is 2.39. The number of amides is 3. The number of aryl methyl sites for hydroxylation is 2. The van der Waals surface area contributed by atoms with Gasteiger partial charge in [-0.2, -0.15) is 13.2 Å². The van der Waals surface area contributed by atoms with Gasteiger partial charge in [0.25, 0.3) is 17.4 Å². The van der Waals surface area contributed by atoms with Crippen LogP contribution in [0.1, 0.15) is 87.3 Å². The van der Waals surface area contributed by atoms with E-state index in [0.717, 1.165) is 32.4 Å². The number of nitrogens with zero attached hydrogens (tertiary/aromatic N) is 3. The number of halogens is 3. The summed E-state index contributed by atoms with van der Waals surface area (Å²) in [6.07, 6.45) is -4.46. The number of likely N-dealkylation sites (N-methyl/N-ethyl adjacent to an activating group) is 1. The molecule has 0 saturated carbocycles. The zero-order chi connectivity index (χ0) is 36.5. The van der Waals surface area contributed by atoms with Gasteiger partial charge in [0.05, 0.1) is 29.2 Å². The highest BCUT2D eigenvalue weighted by molar-refractivity contribution is 6.22. The molecular weight excluding hydrogens is 641 g/mol. The lowest BCUT2D eigenvalue weighted by Gasteiger charge is -2.27. The smallest absolute Gasteiger partial charge is 0.416 e. The van der Waals surface area contributed by atoms with Crippen LogP contribution in [0, 0.1) is 19.8 Å². The van der Waals surface area contributed by atoms with Crippen molar-refractivity contribution in [2.45, 2.75) is 65.2 Å². The predicted octanol–water partition coefficient (Wildman–Crippen LogP) is 5.40. The Kier molecular flexibility index (Phi) is 10.9. The molecule has 1 aliphatic heterocycles. The summed E-state index contributed by atoms with van der Waals surface area (Å²) in [5.41, 5.74) is 0.819. The first kappa shape index (κ1) is 37.0. The lowest BCUT2D eigenvalue weighted by molar-refractivity contribution is -0.139. The van der Waals surface area contributed by atoms with Crippen LogP contribution >= 0.6 is 0 Å². The average Bonchev–Trinajstić information content (AvgIpc) is 3.21. The molecule has 0 unspecified atom stereocenters. The number of imide groups is 1. The van der Waals surface area contributed by atoms with Gasteiger partial charge in [-0.05, 0) is 92.2 Å². The highest BCUT2D eigenvalue weighted by atomic mass is 19.4. The van der Waals surface area contributed by atoms with E-state index in [2.05, 4.69) is 5.32 Å². The molecule has 49 heavy (non-hydrogen) atoms. The molecule has 0 radical (unpaired) electrons. The quantitative estimate of drug-likeness (QED) is 0.245. The molecule has 262 valence electrons. The first-order valence-corrected chi connectivity index (χ1v) is 15.9. The maximum absolute atomic E-state index is 14.2. The van der Waals surface area contributed by atoms with Gasteiger partial charge in [-0.15, -0.1) is 0 Å². The van der Waals surface area contributed by atoms with Gasteiger partial charge in [-0.1, -0.05) is 32.0 Å². The van der Waals surface area contributed by atoms with Crippen LogP contribution in [0.2, 0.25) is 0 Å². The van der Waals surface area contributed by atoms with E-state index >= 15 is 0 Å². The Balaban J connectivity index is 1.89. The van der Waals surface area contributed by atoms with Crippen molar-refractivity contribution in [2.24, 2.45) is 5.92 Å². The van der Waals surface area contributed by atoms with Crippen molar-refractivity contribution < 1.29 is 37.5 Å². The summed E-state index contributed by atoms with van der Waals surface area (Å²) in [5, 5.41) is 12.7. The van der Waals surface area contributed by atoms with Crippen molar-refractivity contribution in [2.75, 3.05) is 27.7 Å². The third kappa shape index (κ3) is 7.93. The SMILES string of the molecule is Cc1cccc(C)c1-c1cc2c(c([C@H](CC(=O)O)NC(=O)[C@H](CC(C)C)n3cc(CCN(C)C)c(C(F)(F)F)cc3=O)c1)C(=O)N(C)C2=O. The zero-order valence-corrected chi connectivity index (χ0v) is 28.6. The second kappa shape index (κ2) is 14.4. The molecule has 10 nitrogen and oxygen atoms in total. The van der Waals surface area contributed by atoms with Crippen LogP contribution in [-0.2, 0) is 22.2 Å². The van der Waals surface area contributed by atoms with E-state index in [9.17, 15) is 42.3 Å². The first-order chi connectivity index (χ1) is 22.8. The molecule has 0 bridgehead atoms. The Labute approximate surface area is 282 Å². The summed E-state index contributed by atoms with van der Waals surface area (Å²) in [6, 6.07) is 6.59. The van der Waals surface area contributed by atoms with Crippen LogP contribution in [0.3, 0.4) is 0 Å². The average molecular weight is 683 g/mol. The van der Waals surface area contributed by atoms with Gasteiger partial charge < -0.3 is 19.9 Å². The number of pyridine rings is 1. The number of carboxylic acid groups (broad SMARTS) is 1. The van der Waals surface area contributed by atoms with E-state index in [0.29, 0.717) is 11.6 Å². The van der Waals surface area contributed by atoms with E-state index in [1.54, 1.807) is 45.0 Å². The van der Waals surface area contributed by atoms with E-state index in [4.69, 9.17) is 0 Å². The number of alkyl halides is 3. The Morgan fingerprint density at radius 2 is 1.61 bits per heavy atom. The van der Waals surface area contributed by atoms with Gasteiger partial charge in [-0.3, -0.25) is 28.9 Å². The number of nitrogens with one attached hydrogen (secondary N) is 1. The Morgan fingerprint density at radius 3 is 2.16 bits per heavy atom.